The first-order valence-electron chi connectivity index (χ1n) is 9.11. The SMILES string of the molecule is O=C1Cc2ccc(-c3cccc(NC(=O)[C@@H]4C[C@@H](F)CN4C(=O)O)c3F)c(Cl)c2N1. The molecular formula is C20H16ClF2N3O4. The molecule has 10 heteroatoms. The van der Waals surface area contributed by atoms with Crippen LogP contribution >= 0.6 is 11.6 Å². The van der Waals surface area contributed by atoms with Gasteiger partial charge in [0.25, 0.3) is 0 Å². The molecule has 1 saturated heterocycles. The molecular weight excluding hydrogens is 420 g/mol. The minimum atomic E-state index is -1.46. The summed E-state index contributed by atoms with van der Waals surface area (Å²) in [5.74, 6) is -1.81. The zero-order chi connectivity index (χ0) is 21.6. The number of halogens is 3. The molecule has 0 radical (unpaired) electrons. The van der Waals surface area contributed by atoms with Gasteiger partial charge in [0, 0.05) is 17.5 Å². The summed E-state index contributed by atoms with van der Waals surface area (Å²) >= 11 is 6.38. The van der Waals surface area contributed by atoms with Gasteiger partial charge in [-0.3, -0.25) is 14.5 Å². The van der Waals surface area contributed by atoms with Crippen molar-refractivity contribution >= 4 is 40.9 Å². The van der Waals surface area contributed by atoms with E-state index in [2.05, 4.69) is 10.6 Å². The third kappa shape index (κ3) is 3.45. The van der Waals surface area contributed by atoms with Crippen LogP contribution in [0.5, 0.6) is 0 Å². The fraction of sp³-hybridized carbons (Fsp3) is 0.250. The Morgan fingerprint density at radius 1 is 1.23 bits per heavy atom. The van der Waals surface area contributed by atoms with E-state index in [4.69, 9.17) is 16.7 Å². The molecule has 2 heterocycles. The lowest BCUT2D eigenvalue weighted by Crippen LogP contribution is -2.42. The minimum Gasteiger partial charge on any atom is -0.465 e. The molecule has 0 saturated carbocycles. The van der Waals surface area contributed by atoms with Crippen LogP contribution in [0.3, 0.4) is 0 Å². The van der Waals surface area contributed by atoms with E-state index >= 15 is 4.39 Å². The van der Waals surface area contributed by atoms with Crippen LogP contribution in [0.4, 0.5) is 25.0 Å². The molecule has 1 fully saturated rings. The Hall–Kier alpha value is -3.20. The van der Waals surface area contributed by atoms with E-state index in [1.165, 1.54) is 18.2 Å². The Kier molecular flexibility index (Phi) is 5.07. The quantitative estimate of drug-likeness (QED) is 0.685. The van der Waals surface area contributed by atoms with Gasteiger partial charge in [-0.2, -0.15) is 0 Å². The number of benzene rings is 2. The predicted octanol–water partition coefficient (Wildman–Crippen LogP) is 3.67. The molecule has 0 unspecified atom stereocenters. The summed E-state index contributed by atoms with van der Waals surface area (Å²) in [6, 6.07) is 6.28. The Balaban J connectivity index is 1.63. The molecule has 3 amide bonds. The maximum Gasteiger partial charge on any atom is 0.408 e. The van der Waals surface area contributed by atoms with Crippen LogP contribution in [0, 0.1) is 5.82 Å². The highest BCUT2D eigenvalue weighted by Gasteiger charge is 2.40. The van der Waals surface area contributed by atoms with Crippen LogP contribution in [0.25, 0.3) is 11.1 Å². The fourth-order valence-electron chi connectivity index (χ4n) is 3.76. The maximum absolute atomic E-state index is 15.2. The van der Waals surface area contributed by atoms with Crippen molar-refractivity contribution in [3.63, 3.8) is 0 Å². The van der Waals surface area contributed by atoms with E-state index < -0.39 is 36.6 Å². The number of alkyl halides is 1. The van der Waals surface area contributed by atoms with Crippen molar-refractivity contribution in [1.29, 1.82) is 0 Å². The number of carbonyl (C=O) groups excluding carboxylic acids is 2. The van der Waals surface area contributed by atoms with Gasteiger partial charge in [-0.05, 0) is 11.6 Å². The van der Waals surface area contributed by atoms with E-state index in [0.717, 1.165) is 0 Å². The Bertz CT molecular complexity index is 1080. The summed E-state index contributed by atoms with van der Waals surface area (Å²) in [4.78, 5) is 36.0. The Labute approximate surface area is 174 Å². The topological polar surface area (TPSA) is 98.7 Å². The number of hydrogen-bond acceptors (Lipinski definition) is 3. The van der Waals surface area contributed by atoms with Gasteiger partial charge in [-0.1, -0.05) is 35.9 Å². The monoisotopic (exact) mass is 435 g/mol. The number of likely N-dealkylation sites (tertiary alicyclic amines) is 1. The van der Waals surface area contributed by atoms with Crippen LogP contribution < -0.4 is 10.6 Å². The standard InChI is InChI=1S/C20H16ClF2N3O4/c21-16-11(5-4-9-6-15(27)25-18(9)16)12-2-1-3-13(17(12)23)24-19(28)14-7-10(22)8-26(14)20(29)30/h1-5,10,14H,6-8H2,(H,24,28)(H,25,27)(H,29,30)/t10-,14+/m1/s1. The molecule has 0 aliphatic carbocycles. The molecule has 7 nitrogen and oxygen atoms in total. The molecule has 2 atom stereocenters. The first-order chi connectivity index (χ1) is 14.3. The summed E-state index contributed by atoms with van der Waals surface area (Å²) in [5, 5.41) is 14.3. The molecule has 2 aromatic rings. The van der Waals surface area contributed by atoms with Gasteiger partial charge in [0.15, 0.2) is 5.82 Å². The fourth-order valence-corrected chi connectivity index (χ4v) is 4.09. The van der Waals surface area contributed by atoms with Gasteiger partial charge in [-0.25, -0.2) is 13.6 Å². The van der Waals surface area contributed by atoms with Gasteiger partial charge in [0.05, 0.1) is 29.4 Å². The second-order valence-electron chi connectivity index (χ2n) is 7.13. The van der Waals surface area contributed by atoms with E-state index in [9.17, 15) is 18.8 Å². The number of rotatable bonds is 3. The van der Waals surface area contributed by atoms with Crippen molar-refractivity contribution in [3.8, 4) is 11.1 Å². The van der Waals surface area contributed by atoms with Gasteiger partial charge in [0.1, 0.15) is 12.2 Å². The summed E-state index contributed by atoms with van der Waals surface area (Å²) in [6.45, 7) is -0.410. The molecule has 0 aromatic heterocycles. The second-order valence-corrected chi connectivity index (χ2v) is 7.50. The Morgan fingerprint density at radius 2 is 2.00 bits per heavy atom. The number of nitrogens with zero attached hydrogens (tertiary/aromatic N) is 1. The molecule has 156 valence electrons. The van der Waals surface area contributed by atoms with E-state index in [1.807, 2.05) is 0 Å². The van der Waals surface area contributed by atoms with Crippen LogP contribution in [0.2, 0.25) is 5.02 Å². The van der Waals surface area contributed by atoms with Crippen LogP contribution in [0.1, 0.15) is 12.0 Å². The first kappa shape index (κ1) is 20.1. The average molecular weight is 436 g/mol. The summed E-state index contributed by atoms with van der Waals surface area (Å²) < 4.78 is 28.8. The summed E-state index contributed by atoms with van der Waals surface area (Å²) in [6.07, 6.45) is -2.99. The number of carboxylic acid groups (broad SMARTS) is 1. The smallest absolute Gasteiger partial charge is 0.408 e. The lowest BCUT2D eigenvalue weighted by Gasteiger charge is -2.20. The van der Waals surface area contributed by atoms with Gasteiger partial charge in [-0.15, -0.1) is 0 Å². The highest BCUT2D eigenvalue weighted by Crippen LogP contribution is 2.40. The lowest BCUT2D eigenvalue weighted by molar-refractivity contribution is -0.120. The molecule has 3 N–H and O–H groups in total. The number of fused-ring (bicyclic) bond motifs is 1. The second kappa shape index (κ2) is 7.56. The van der Waals surface area contributed by atoms with Crippen molar-refractivity contribution in [3.05, 3.63) is 46.7 Å². The van der Waals surface area contributed by atoms with Crippen molar-refractivity contribution in [2.75, 3.05) is 17.2 Å². The van der Waals surface area contributed by atoms with Crippen molar-refractivity contribution in [2.45, 2.75) is 25.1 Å². The van der Waals surface area contributed by atoms with Crippen molar-refractivity contribution in [2.24, 2.45) is 0 Å². The first-order valence-corrected chi connectivity index (χ1v) is 9.48. The van der Waals surface area contributed by atoms with Gasteiger partial charge >= 0.3 is 6.09 Å². The highest BCUT2D eigenvalue weighted by atomic mass is 35.5. The molecule has 2 aromatic carbocycles. The zero-order valence-corrected chi connectivity index (χ0v) is 16.2. The van der Waals surface area contributed by atoms with Gasteiger partial charge in [0.2, 0.25) is 11.8 Å². The third-order valence-corrected chi connectivity index (χ3v) is 5.58. The highest BCUT2D eigenvalue weighted by molar-refractivity contribution is 6.37. The molecule has 0 bridgehead atoms. The van der Waals surface area contributed by atoms with Crippen LogP contribution in [-0.2, 0) is 16.0 Å². The van der Waals surface area contributed by atoms with Crippen molar-refractivity contribution in [1.82, 2.24) is 4.90 Å². The van der Waals surface area contributed by atoms with Gasteiger partial charge < -0.3 is 15.7 Å². The van der Waals surface area contributed by atoms with E-state index in [-0.39, 0.29) is 35.0 Å². The number of amides is 3. The normalized spacial score (nSPS) is 20.1. The predicted molar refractivity (Wildman–Crippen MR) is 106 cm³/mol. The number of anilines is 2. The Morgan fingerprint density at radius 3 is 2.73 bits per heavy atom. The summed E-state index contributed by atoms with van der Waals surface area (Å²) in [5.41, 5.74) is 1.35. The molecule has 4 rings (SSSR count). The number of nitrogens with one attached hydrogen (secondary N) is 2. The van der Waals surface area contributed by atoms with Crippen molar-refractivity contribution < 1.29 is 28.3 Å². The molecule has 2 aliphatic heterocycles. The van der Waals surface area contributed by atoms with E-state index in [1.54, 1.807) is 12.1 Å². The van der Waals surface area contributed by atoms with E-state index in [0.29, 0.717) is 21.7 Å². The molecule has 2 aliphatic rings. The summed E-state index contributed by atoms with van der Waals surface area (Å²) in [7, 11) is 0. The lowest BCUT2D eigenvalue weighted by atomic mass is 10.0. The maximum atomic E-state index is 15.2. The third-order valence-electron chi connectivity index (χ3n) is 5.19. The largest absolute Gasteiger partial charge is 0.465 e. The molecule has 30 heavy (non-hydrogen) atoms. The average Bonchev–Trinajstić information content (AvgIpc) is 3.27. The van der Waals surface area contributed by atoms with Crippen LogP contribution in [0.15, 0.2) is 30.3 Å². The molecule has 0 spiro atoms. The minimum absolute atomic E-state index is 0.0895. The van der Waals surface area contributed by atoms with Crippen LogP contribution in [-0.4, -0.2) is 46.7 Å². The number of hydrogen-bond donors (Lipinski definition) is 3. The zero-order valence-electron chi connectivity index (χ0n) is 15.4. The number of carbonyl (C=O) groups is 3.